The number of carbonyl (C=O) groups is 1. The van der Waals surface area contributed by atoms with E-state index in [2.05, 4.69) is 10.3 Å². The lowest BCUT2D eigenvalue weighted by Crippen LogP contribution is -2.47. The maximum atomic E-state index is 10.6. The van der Waals surface area contributed by atoms with Crippen molar-refractivity contribution < 1.29 is 9.90 Å². The molecule has 0 aromatic heterocycles. The average Bonchev–Trinajstić information content (AvgIpc) is 2.03. The molecule has 0 aromatic rings. The van der Waals surface area contributed by atoms with Gasteiger partial charge in [-0.05, 0) is 19.3 Å². The van der Waals surface area contributed by atoms with Gasteiger partial charge in [-0.1, -0.05) is 0 Å². The minimum Gasteiger partial charge on any atom is -0.480 e. The second-order valence-corrected chi connectivity index (χ2v) is 3.06. The summed E-state index contributed by atoms with van der Waals surface area (Å²) in [6, 6.07) is -0.526. The molecule has 0 aromatic carbocycles. The summed E-state index contributed by atoms with van der Waals surface area (Å²) in [5.74, 6) is -0.862. The van der Waals surface area contributed by atoms with Crippen LogP contribution in [-0.2, 0) is 4.79 Å². The highest BCUT2D eigenvalue weighted by atomic mass is 16.4. The van der Waals surface area contributed by atoms with Gasteiger partial charge in [-0.3, -0.25) is 10.1 Å². The zero-order valence-corrected chi connectivity index (χ0v) is 7.23. The number of hydrogen-bond donors (Lipinski definition) is 4. The van der Waals surface area contributed by atoms with Gasteiger partial charge in [0.15, 0.2) is 5.96 Å². The zero-order chi connectivity index (χ0) is 9.84. The lowest BCUT2D eigenvalue weighted by Gasteiger charge is -2.25. The molecular formula is C7H14N4O2. The van der Waals surface area contributed by atoms with Gasteiger partial charge in [-0.15, -0.1) is 0 Å². The molecule has 0 saturated carbocycles. The Bertz CT molecular complexity index is 225. The van der Waals surface area contributed by atoms with Gasteiger partial charge < -0.3 is 16.6 Å². The van der Waals surface area contributed by atoms with Crippen LogP contribution in [-0.4, -0.2) is 29.2 Å². The number of aliphatic imine (C=N–C) groups is 1. The van der Waals surface area contributed by atoms with Crippen LogP contribution >= 0.6 is 0 Å². The van der Waals surface area contributed by atoms with Crippen molar-refractivity contribution >= 4 is 11.9 Å². The zero-order valence-electron chi connectivity index (χ0n) is 7.23. The fourth-order valence-corrected chi connectivity index (χ4v) is 1.39. The van der Waals surface area contributed by atoms with E-state index in [1.807, 2.05) is 0 Å². The topological polar surface area (TPSA) is 114 Å². The fraction of sp³-hybridized carbons (Fsp3) is 0.714. The number of carboxylic acids is 1. The number of rotatable bonds is 2. The Morgan fingerprint density at radius 1 is 1.46 bits per heavy atom. The van der Waals surface area contributed by atoms with Crippen LogP contribution in [0, 0.1) is 0 Å². The van der Waals surface area contributed by atoms with Crippen LogP contribution in [0.15, 0.2) is 4.99 Å². The first-order valence-electron chi connectivity index (χ1n) is 4.17. The molecule has 1 fully saturated rings. The summed E-state index contributed by atoms with van der Waals surface area (Å²) in [5.41, 5.74) is 10.4. The van der Waals surface area contributed by atoms with Crippen LogP contribution in [0.25, 0.3) is 0 Å². The number of guanidine groups is 1. The number of nitrogens with zero attached hydrogens (tertiary/aromatic N) is 1. The van der Waals surface area contributed by atoms with E-state index in [9.17, 15) is 4.79 Å². The van der Waals surface area contributed by atoms with Gasteiger partial charge in [-0.2, -0.15) is 0 Å². The highest BCUT2D eigenvalue weighted by molar-refractivity contribution is 5.76. The molecule has 2 atom stereocenters. The van der Waals surface area contributed by atoms with Crippen LogP contribution in [0.1, 0.15) is 19.3 Å². The lowest BCUT2D eigenvalue weighted by molar-refractivity contribution is -0.140. The number of carboxylic acid groups (broad SMARTS) is 1. The maximum absolute atomic E-state index is 10.6. The molecule has 6 heteroatoms. The van der Waals surface area contributed by atoms with Crippen LogP contribution in [0.4, 0.5) is 0 Å². The standard InChI is InChI=1S/C7H14N4O2/c8-7(9)11-5-3-1-2-4(10-5)6(12)13/h4-5,10H,1-3H2,(H,12,13)(H4,8,9,11). The number of piperidine rings is 1. The van der Waals surface area contributed by atoms with E-state index in [1.54, 1.807) is 0 Å². The SMILES string of the molecule is NC(N)=NC1CCCC(C(=O)O)N1. The molecule has 13 heavy (non-hydrogen) atoms. The van der Waals surface area contributed by atoms with E-state index in [0.717, 1.165) is 12.8 Å². The number of aliphatic carboxylic acids is 1. The maximum Gasteiger partial charge on any atom is 0.320 e. The Kier molecular flexibility index (Phi) is 3.07. The van der Waals surface area contributed by atoms with E-state index >= 15 is 0 Å². The molecule has 6 nitrogen and oxygen atoms in total. The summed E-state index contributed by atoms with van der Waals surface area (Å²) in [7, 11) is 0. The van der Waals surface area contributed by atoms with E-state index in [1.165, 1.54) is 0 Å². The second-order valence-electron chi connectivity index (χ2n) is 3.06. The summed E-state index contributed by atoms with van der Waals surface area (Å²) < 4.78 is 0. The van der Waals surface area contributed by atoms with Crippen LogP contribution in [0.5, 0.6) is 0 Å². The molecule has 74 valence electrons. The van der Waals surface area contributed by atoms with E-state index < -0.39 is 12.0 Å². The van der Waals surface area contributed by atoms with Crippen molar-refractivity contribution in [1.82, 2.24) is 5.32 Å². The molecule has 0 spiro atoms. The highest BCUT2D eigenvalue weighted by Crippen LogP contribution is 2.13. The number of nitrogens with one attached hydrogen (secondary N) is 1. The summed E-state index contributed by atoms with van der Waals surface area (Å²) >= 11 is 0. The molecule has 0 bridgehead atoms. The van der Waals surface area contributed by atoms with Gasteiger partial charge in [0, 0.05) is 0 Å². The van der Waals surface area contributed by atoms with Crippen molar-refractivity contribution in [3.8, 4) is 0 Å². The molecule has 1 heterocycles. The fourth-order valence-electron chi connectivity index (χ4n) is 1.39. The minimum atomic E-state index is -0.851. The molecule has 0 aliphatic carbocycles. The molecule has 0 radical (unpaired) electrons. The van der Waals surface area contributed by atoms with Crippen molar-refractivity contribution in [2.45, 2.75) is 31.5 Å². The van der Waals surface area contributed by atoms with Crippen molar-refractivity contribution in [1.29, 1.82) is 0 Å². The van der Waals surface area contributed by atoms with Gasteiger partial charge in [0.05, 0.1) is 0 Å². The third kappa shape index (κ3) is 2.90. The third-order valence-corrected chi connectivity index (χ3v) is 1.97. The monoisotopic (exact) mass is 186 g/mol. The first-order valence-corrected chi connectivity index (χ1v) is 4.17. The smallest absolute Gasteiger partial charge is 0.320 e. The minimum absolute atomic E-state index is 0.0106. The molecule has 6 N–H and O–H groups in total. The Balaban J connectivity index is 2.51. The van der Waals surface area contributed by atoms with Gasteiger partial charge in [0.25, 0.3) is 0 Å². The van der Waals surface area contributed by atoms with Crippen molar-refractivity contribution in [2.24, 2.45) is 16.5 Å². The summed E-state index contributed by atoms with van der Waals surface area (Å²) in [4.78, 5) is 14.5. The van der Waals surface area contributed by atoms with Gasteiger partial charge >= 0.3 is 5.97 Å². The van der Waals surface area contributed by atoms with Gasteiger partial charge in [0.1, 0.15) is 12.2 Å². The molecule has 1 saturated heterocycles. The van der Waals surface area contributed by atoms with Crippen molar-refractivity contribution in [2.75, 3.05) is 0 Å². The van der Waals surface area contributed by atoms with Crippen molar-refractivity contribution in [3.63, 3.8) is 0 Å². The van der Waals surface area contributed by atoms with E-state index in [4.69, 9.17) is 16.6 Å². The van der Waals surface area contributed by atoms with Gasteiger partial charge in [-0.25, -0.2) is 4.99 Å². The Hall–Kier alpha value is -1.30. The molecule has 0 amide bonds. The first kappa shape index (κ1) is 9.79. The summed E-state index contributed by atoms with van der Waals surface area (Å²) in [6.07, 6.45) is 1.98. The number of hydrogen-bond acceptors (Lipinski definition) is 3. The lowest BCUT2D eigenvalue weighted by atomic mass is 10.0. The van der Waals surface area contributed by atoms with Crippen molar-refractivity contribution in [3.05, 3.63) is 0 Å². The van der Waals surface area contributed by atoms with Crippen LogP contribution < -0.4 is 16.8 Å². The number of nitrogens with two attached hydrogens (primary N) is 2. The van der Waals surface area contributed by atoms with E-state index in [0.29, 0.717) is 6.42 Å². The Morgan fingerprint density at radius 3 is 2.69 bits per heavy atom. The summed E-state index contributed by atoms with van der Waals surface area (Å²) in [6.45, 7) is 0. The quantitative estimate of drug-likeness (QED) is 0.320. The average molecular weight is 186 g/mol. The van der Waals surface area contributed by atoms with Gasteiger partial charge in [0.2, 0.25) is 0 Å². The first-order chi connectivity index (χ1) is 6.09. The Morgan fingerprint density at radius 2 is 2.15 bits per heavy atom. The predicted molar refractivity (Wildman–Crippen MR) is 48.0 cm³/mol. The highest BCUT2D eigenvalue weighted by Gasteiger charge is 2.25. The summed E-state index contributed by atoms with van der Waals surface area (Å²) in [5, 5.41) is 11.6. The van der Waals surface area contributed by atoms with Crippen LogP contribution in [0.3, 0.4) is 0 Å². The normalized spacial score (nSPS) is 28.0. The second kappa shape index (κ2) is 4.08. The molecular weight excluding hydrogens is 172 g/mol. The molecule has 1 rings (SSSR count). The Labute approximate surface area is 76.0 Å². The largest absolute Gasteiger partial charge is 0.480 e. The molecule has 1 aliphatic rings. The predicted octanol–water partition coefficient (Wildman–Crippen LogP) is -1.19. The third-order valence-electron chi connectivity index (χ3n) is 1.97. The van der Waals surface area contributed by atoms with Crippen LogP contribution in [0.2, 0.25) is 0 Å². The molecule has 2 unspecified atom stereocenters. The van der Waals surface area contributed by atoms with E-state index in [-0.39, 0.29) is 12.1 Å². The molecule has 1 aliphatic heterocycles.